The summed E-state index contributed by atoms with van der Waals surface area (Å²) in [6.45, 7) is -0.250. The molecule has 0 saturated heterocycles. The first-order valence-electron chi connectivity index (χ1n) is 2.42. The molecule has 2 N–H and O–H groups in total. The van der Waals surface area contributed by atoms with Gasteiger partial charge in [-0.05, 0) is 0 Å². The molecule has 0 aliphatic carbocycles. The zero-order valence-electron chi connectivity index (χ0n) is 5.30. The summed E-state index contributed by atoms with van der Waals surface area (Å²) in [6, 6.07) is 0. The molecule has 0 spiro atoms. The Bertz CT molecular complexity index is 220. The lowest BCUT2D eigenvalue weighted by molar-refractivity contribution is -0.122. The Balaban J connectivity index is 0.000000292. The summed E-state index contributed by atoms with van der Waals surface area (Å²) in [4.78, 5) is 22.3. The standard InChI is InChI=1S/C4H3NO2S.CH2O2/c6-4(7)3-1-5-2-8-3;2-1-3/h1-2H,(H,6,7);1H,(H,2,3). The van der Waals surface area contributed by atoms with E-state index in [0.29, 0.717) is 0 Å². The van der Waals surface area contributed by atoms with E-state index in [1.807, 2.05) is 0 Å². The van der Waals surface area contributed by atoms with Crippen LogP contribution in [-0.4, -0.2) is 27.6 Å². The van der Waals surface area contributed by atoms with Gasteiger partial charge < -0.3 is 10.2 Å². The molecule has 0 aliphatic rings. The van der Waals surface area contributed by atoms with E-state index in [-0.39, 0.29) is 11.3 Å². The molecule has 0 radical (unpaired) electrons. The van der Waals surface area contributed by atoms with Gasteiger partial charge in [0.25, 0.3) is 6.47 Å². The number of aromatic carboxylic acids is 1. The molecule has 0 fully saturated rings. The molecule has 1 rings (SSSR count). The zero-order valence-corrected chi connectivity index (χ0v) is 6.11. The van der Waals surface area contributed by atoms with Crippen molar-refractivity contribution >= 4 is 23.8 Å². The number of carboxylic acids is 1. The Hall–Kier alpha value is -1.43. The van der Waals surface area contributed by atoms with Crippen molar-refractivity contribution in [2.45, 2.75) is 0 Å². The zero-order chi connectivity index (χ0) is 8.69. The number of hydrogen-bond acceptors (Lipinski definition) is 4. The molecular weight excluding hydrogens is 170 g/mol. The lowest BCUT2D eigenvalue weighted by Crippen LogP contribution is -1.89. The Kier molecular flexibility index (Phi) is 4.67. The van der Waals surface area contributed by atoms with Gasteiger partial charge in [-0.25, -0.2) is 4.79 Å². The lowest BCUT2D eigenvalue weighted by Gasteiger charge is -1.77. The minimum absolute atomic E-state index is 0.250. The molecule has 5 nitrogen and oxygen atoms in total. The predicted molar refractivity (Wildman–Crippen MR) is 37.8 cm³/mol. The van der Waals surface area contributed by atoms with Crippen LogP contribution in [0.4, 0.5) is 0 Å². The molecule has 0 unspecified atom stereocenters. The van der Waals surface area contributed by atoms with Crippen molar-refractivity contribution in [2.24, 2.45) is 0 Å². The van der Waals surface area contributed by atoms with Crippen LogP contribution in [0.15, 0.2) is 11.7 Å². The molecule has 0 amide bonds. The summed E-state index contributed by atoms with van der Waals surface area (Å²) in [5.41, 5.74) is 1.49. The SMILES string of the molecule is O=C(O)c1cncs1.O=CO. The molecular formula is C5H5NO4S. The second-order valence-corrected chi connectivity index (χ2v) is 2.16. The molecule has 1 aromatic rings. The predicted octanol–water partition coefficient (Wildman–Crippen LogP) is 0.542. The number of carboxylic acid groups (broad SMARTS) is 2. The van der Waals surface area contributed by atoms with Gasteiger partial charge in [0, 0.05) is 0 Å². The fourth-order valence-corrected chi connectivity index (χ4v) is 0.779. The maximum absolute atomic E-state index is 10.0. The smallest absolute Gasteiger partial charge is 0.347 e. The first kappa shape index (κ1) is 9.57. The van der Waals surface area contributed by atoms with Gasteiger partial charge in [0.1, 0.15) is 4.88 Å². The molecule has 0 aromatic carbocycles. The van der Waals surface area contributed by atoms with E-state index in [4.69, 9.17) is 15.0 Å². The maximum atomic E-state index is 10.0. The van der Waals surface area contributed by atoms with Crippen molar-refractivity contribution in [1.82, 2.24) is 4.98 Å². The third-order valence-corrected chi connectivity index (χ3v) is 1.40. The molecule has 0 aliphatic heterocycles. The Labute approximate surface area is 65.9 Å². The van der Waals surface area contributed by atoms with E-state index in [1.54, 1.807) is 0 Å². The van der Waals surface area contributed by atoms with Crippen LogP contribution in [0.2, 0.25) is 0 Å². The van der Waals surface area contributed by atoms with Gasteiger partial charge >= 0.3 is 5.97 Å². The van der Waals surface area contributed by atoms with Crippen LogP contribution < -0.4 is 0 Å². The van der Waals surface area contributed by atoms with Crippen molar-refractivity contribution in [2.75, 3.05) is 0 Å². The van der Waals surface area contributed by atoms with Crippen molar-refractivity contribution in [3.05, 3.63) is 16.6 Å². The van der Waals surface area contributed by atoms with Crippen molar-refractivity contribution < 1.29 is 19.8 Å². The van der Waals surface area contributed by atoms with Gasteiger partial charge in [0.2, 0.25) is 0 Å². The van der Waals surface area contributed by atoms with Crippen LogP contribution in [0, 0.1) is 0 Å². The van der Waals surface area contributed by atoms with Crippen LogP contribution in [0.3, 0.4) is 0 Å². The number of carbonyl (C=O) groups is 2. The average Bonchev–Trinajstić information content (AvgIpc) is 2.38. The van der Waals surface area contributed by atoms with E-state index < -0.39 is 5.97 Å². The highest BCUT2D eigenvalue weighted by molar-refractivity contribution is 7.11. The average molecular weight is 175 g/mol. The Morgan fingerprint density at radius 1 is 1.73 bits per heavy atom. The molecule has 11 heavy (non-hydrogen) atoms. The molecule has 0 saturated carbocycles. The van der Waals surface area contributed by atoms with Crippen LogP contribution in [0.5, 0.6) is 0 Å². The van der Waals surface area contributed by atoms with Crippen LogP contribution in [-0.2, 0) is 4.79 Å². The molecule has 1 heterocycles. The van der Waals surface area contributed by atoms with Crippen molar-refractivity contribution in [3.63, 3.8) is 0 Å². The van der Waals surface area contributed by atoms with E-state index in [9.17, 15) is 4.79 Å². The summed E-state index contributed by atoms with van der Waals surface area (Å²) in [5.74, 6) is -0.910. The van der Waals surface area contributed by atoms with Crippen molar-refractivity contribution in [3.8, 4) is 0 Å². The van der Waals surface area contributed by atoms with Gasteiger partial charge in [-0.15, -0.1) is 11.3 Å². The highest BCUT2D eigenvalue weighted by atomic mass is 32.1. The molecule has 60 valence electrons. The van der Waals surface area contributed by atoms with Gasteiger partial charge in [-0.3, -0.25) is 9.78 Å². The normalized spacial score (nSPS) is 7.64. The fourth-order valence-electron chi connectivity index (χ4n) is 0.321. The number of aromatic nitrogens is 1. The summed E-state index contributed by atoms with van der Waals surface area (Å²) in [7, 11) is 0. The van der Waals surface area contributed by atoms with Crippen LogP contribution in [0.25, 0.3) is 0 Å². The van der Waals surface area contributed by atoms with E-state index in [1.165, 1.54) is 11.7 Å². The maximum Gasteiger partial charge on any atom is 0.347 e. The summed E-state index contributed by atoms with van der Waals surface area (Å²) >= 11 is 1.12. The van der Waals surface area contributed by atoms with Gasteiger partial charge in [-0.2, -0.15) is 0 Å². The Morgan fingerprint density at radius 3 is 2.45 bits per heavy atom. The topological polar surface area (TPSA) is 87.5 Å². The van der Waals surface area contributed by atoms with E-state index in [2.05, 4.69) is 4.98 Å². The van der Waals surface area contributed by atoms with Crippen molar-refractivity contribution in [1.29, 1.82) is 0 Å². The summed E-state index contributed by atoms with van der Waals surface area (Å²) < 4.78 is 0. The van der Waals surface area contributed by atoms with Gasteiger partial charge in [0.15, 0.2) is 0 Å². The van der Waals surface area contributed by atoms with E-state index in [0.717, 1.165) is 11.3 Å². The van der Waals surface area contributed by atoms with Gasteiger partial charge in [0.05, 0.1) is 11.7 Å². The third kappa shape index (κ3) is 4.04. The minimum Gasteiger partial charge on any atom is -0.483 e. The fraction of sp³-hybridized carbons (Fsp3) is 0. The van der Waals surface area contributed by atoms with Crippen LogP contribution in [0.1, 0.15) is 9.67 Å². The second-order valence-electron chi connectivity index (χ2n) is 1.28. The summed E-state index contributed by atoms with van der Waals surface area (Å²) in [5, 5.41) is 15.1. The molecule has 1 aromatic heterocycles. The first-order chi connectivity index (χ1) is 5.22. The molecule has 0 bridgehead atoms. The first-order valence-corrected chi connectivity index (χ1v) is 3.30. The number of rotatable bonds is 1. The monoisotopic (exact) mass is 175 g/mol. The molecule has 0 atom stereocenters. The molecule has 6 heteroatoms. The van der Waals surface area contributed by atoms with Crippen LogP contribution >= 0.6 is 11.3 Å². The summed E-state index contributed by atoms with van der Waals surface area (Å²) in [6.07, 6.45) is 1.33. The lowest BCUT2D eigenvalue weighted by atomic mass is 10.6. The minimum atomic E-state index is -0.910. The Morgan fingerprint density at radius 2 is 2.27 bits per heavy atom. The number of nitrogens with zero attached hydrogens (tertiary/aromatic N) is 1. The number of thiazole rings is 1. The largest absolute Gasteiger partial charge is 0.483 e. The second kappa shape index (κ2) is 5.36. The highest BCUT2D eigenvalue weighted by Gasteiger charge is 2.00. The number of hydrogen-bond donors (Lipinski definition) is 2. The quantitative estimate of drug-likeness (QED) is 0.608. The van der Waals surface area contributed by atoms with E-state index >= 15 is 0 Å². The van der Waals surface area contributed by atoms with Gasteiger partial charge in [-0.1, -0.05) is 0 Å². The highest BCUT2D eigenvalue weighted by Crippen LogP contribution is 2.03. The third-order valence-electron chi connectivity index (χ3n) is 0.643.